The Morgan fingerprint density at radius 2 is 1.95 bits per heavy atom. The summed E-state index contributed by atoms with van der Waals surface area (Å²) in [6.07, 6.45) is 2.44. The minimum absolute atomic E-state index is 0.0197. The summed E-state index contributed by atoms with van der Waals surface area (Å²) in [7, 11) is 0. The lowest BCUT2D eigenvalue weighted by atomic mass is 9.96. The summed E-state index contributed by atoms with van der Waals surface area (Å²) >= 11 is 3.34. The molecule has 2 rings (SSSR count). The molecular formula is C16H12BrNO4. The van der Waals surface area contributed by atoms with Crippen LogP contribution in [0.1, 0.15) is 11.1 Å². The van der Waals surface area contributed by atoms with Crippen LogP contribution < -0.4 is 0 Å². The second-order valence-electron chi connectivity index (χ2n) is 4.68. The average molecular weight is 362 g/mol. The molecule has 0 aliphatic carbocycles. The number of halogens is 1. The van der Waals surface area contributed by atoms with Gasteiger partial charge in [0.25, 0.3) is 5.69 Å². The molecule has 1 N–H and O–H groups in total. The third-order valence-electron chi connectivity index (χ3n) is 3.06. The van der Waals surface area contributed by atoms with Crippen molar-refractivity contribution in [1.82, 2.24) is 0 Å². The van der Waals surface area contributed by atoms with Crippen LogP contribution in [-0.4, -0.2) is 16.0 Å². The zero-order valence-electron chi connectivity index (χ0n) is 11.6. The fourth-order valence-electron chi connectivity index (χ4n) is 2.09. The van der Waals surface area contributed by atoms with Crippen LogP contribution in [0.25, 0.3) is 17.2 Å². The number of carbonyl (C=O) groups is 1. The number of nitrogens with zero attached hydrogens (tertiary/aromatic N) is 1. The van der Waals surface area contributed by atoms with Gasteiger partial charge in [0.05, 0.1) is 10.5 Å². The highest BCUT2D eigenvalue weighted by atomic mass is 79.9. The molecule has 0 spiro atoms. The fourth-order valence-corrected chi connectivity index (χ4v) is 2.45. The minimum atomic E-state index is -1.08. The Kier molecular flexibility index (Phi) is 4.72. The molecular weight excluding hydrogens is 350 g/mol. The van der Waals surface area contributed by atoms with Crippen LogP contribution in [0.2, 0.25) is 0 Å². The number of hydrogen-bond acceptors (Lipinski definition) is 3. The molecule has 0 fully saturated rings. The van der Waals surface area contributed by atoms with E-state index < -0.39 is 10.9 Å². The van der Waals surface area contributed by atoms with Gasteiger partial charge in [-0.05, 0) is 42.3 Å². The third-order valence-corrected chi connectivity index (χ3v) is 3.55. The molecule has 0 aliphatic heterocycles. The quantitative estimate of drug-likeness (QED) is 0.496. The molecule has 0 aromatic heterocycles. The van der Waals surface area contributed by atoms with Crippen molar-refractivity contribution in [2.75, 3.05) is 0 Å². The van der Waals surface area contributed by atoms with E-state index in [1.54, 1.807) is 30.3 Å². The van der Waals surface area contributed by atoms with Crippen molar-refractivity contribution in [1.29, 1.82) is 0 Å². The molecule has 0 aliphatic rings. The summed E-state index contributed by atoms with van der Waals surface area (Å²) in [5.74, 6) is -1.08. The zero-order valence-corrected chi connectivity index (χ0v) is 13.2. The van der Waals surface area contributed by atoms with E-state index >= 15 is 0 Å². The predicted octanol–water partition coefficient (Wildman–Crippen LogP) is 4.43. The van der Waals surface area contributed by atoms with Gasteiger partial charge in [-0.3, -0.25) is 10.1 Å². The summed E-state index contributed by atoms with van der Waals surface area (Å²) in [4.78, 5) is 21.5. The van der Waals surface area contributed by atoms with Crippen molar-refractivity contribution in [2.24, 2.45) is 0 Å². The minimum Gasteiger partial charge on any atom is -0.478 e. The van der Waals surface area contributed by atoms with E-state index in [9.17, 15) is 14.9 Å². The summed E-state index contributed by atoms with van der Waals surface area (Å²) in [5, 5.41) is 20.0. The monoisotopic (exact) mass is 361 g/mol. The van der Waals surface area contributed by atoms with Crippen molar-refractivity contribution in [3.05, 3.63) is 68.2 Å². The van der Waals surface area contributed by atoms with E-state index in [2.05, 4.69) is 15.9 Å². The average Bonchev–Trinajstić information content (AvgIpc) is 2.45. The van der Waals surface area contributed by atoms with Crippen LogP contribution >= 0.6 is 15.9 Å². The lowest BCUT2D eigenvalue weighted by Crippen LogP contribution is -1.95. The van der Waals surface area contributed by atoms with Crippen molar-refractivity contribution < 1.29 is 14.8 Å². The Hall–Kier alpha value is -2.47. The first-order chi connectivity index (χ1) is 10.4. The van der Waals surface area contributed by atoms with E-state index in [1.807, 2.05) is 6.92 Å². The summed E-state index contributed by atoms with van der Waals surface area (Å²) < 4.78 is 0.755. The number of carboxylic acid groups (broad SMARTS) is 1. The topological polar surface area (TPSA) is 80.4 Å². The molecule has 0 amide bonds. The lowest BCUT2D eigenvalue weighted by molar-refractivity contribution is -0.384. The number of benzene rings is 2. The fraction of sp³-hybridized carbons (Fsp3) is 0.0625. The highest BCUT2D eigenvalue weighted by Crippen LogP contribution is 2.35. The number of carboxylic acids is 1. The Morgan fingerprint density at radius 1 is 1.23 bits per heavy atom. The van der Waals surface area contributed by atoms with Crippen LogP contribution in [0.3, 0.4) is 0 Å². The summed E-state index contributed by atoms with van der Waals surface area (Å²) in [6.45, 7) is 1.85. The molecule has 0 atom stereocenters. The van der Waals surface area contributed by atoms with Gasteiger partial charge in [-0.1, -0.05) is 33.6 Å². The van der Waals surface area contributed by atoms with Crippen LogP contribution in [-0.2, 0) is 4.79 Å². The molecule has 2 aromatic carbocycles. The molecule has 0 bridgehead atoms. The van der Waals surface area contributed by atoms with Crippen molar-refractivity contribution in [2.45, 2.75) is 6.92 Å². The molecule has 0 unspecified atom stereocenters. The van der Waals surface area contributed by atoms with Gasteiger partial charge in [0.2, 0.25) is 0 Å². The number of hydrogen-bond donors (Lipinski definition) is 1. The van der Waals surface area contributed by atoms with Gasteiger partial charge in [0.15, 0.2) is 0 Å². The molecule has 2 aromatic rings. The smallest absolute Gasteiger partial charge is 0.328 e. The highest BCUT2D eigenvalue weighted by molar-refractivity contribution is 9.10. The SMILES string of the molecule is Cc1ccc([N+](=O)[O-])c(-c2cc(Br)ccc2/C=C/C(=O)O)c1. The van der Waals surface area contributed by atoms with Gasteiger partial charge in [-0.25, -0.2) is 4.79 Å². The number of rotatable bonds is 4. The van der Waals surface area contributed by atoms with Crippen molar-refractivity contribution in [3.8, 4) is 11.1 Å². The van der Waals surface area contributed by atoms with Crippen molar-refractivity contribution >= 4 is 33.7 Å². The molecule has 5 nitrogen and oxygen atoms in total. The Labute approximate surface area is 135 Å². The van der Waals surface area contributed by atoms with Crippen LogP contribution in [0.15, 0.2) is 46.9 Å². The molecule has 0 heterocycles. The number of aryl methyl sites for hydroxylation is 1. The van der Waals surface area contributed by atoms with E-state index in [0.29, 0.717) is 16.7 Å². The first kappa shape index (κ1) is 15.9. The van der Waals surface area contributed by atoms with Crippen LogP contribution in [0.4, 0.5) is 5.69 Å². The summed E-state index contributed by atoms with van der Waals surface area (Å²) in [6, 6.07) is 10.1. The standard InChI is InChI=1S/C16H12BrNO4/c1-10-2-6-15(18(21)22)14(8-10)13-9-12(17)5-3-11(13)4-7-16(19)20/h2-9H,1H3,(H,19,20)/b7-4+. The van der Waals surface area contributed by atoms with E-state index in [4.69, 9.17) is 5.11 Å². The largest absolute Gasteiger partial charge is 0.478 e. The van der Waals surface area contributed by atoms with Gasteiger partial charge < -0.3 is 5.11 Å². The molecule has 6 heteroatoms. The zero-order chi connectivity index (χ0) is 16.3. The van der Waals surface area contributed by atoms with E-state index in [-0.39, 0.29) is 5.69 Å². The second-order valence-corrected chi connectivity index (χ2v) is 5.60. The van der Waals surface area contributed by atoms with Crippen LogP contribution in [0, 0.1) is 17.0 Å². The number of aliphatic carboxylic acids is 1. The molecule has 0 saturated heterocycles. The Balaban J connectivity index is 2.71. The Morgan fingerprint density at radius 3 is 2.59 bits per heavy atom. The maximum Gasteiger partial charge on any atom is 0.328 e. The van der Waals surface area contributed by atoms with E-state index in [1.165, 1.54) is 12.1 Å². The molecule has 22 heavy (non-hydrogen) atoms. The highest BCUT2D eigenvalue weighted by Gasteiger charge is 2.17. The number of nitro benzene ring substituents is 1. The molecule has 0 saturated carbocycles. The summed E-state index contributed by atoms with van der Waals surface area (Å²) in [5.41, 5.74) is 2.51. The maximum atomic E-state index is 11.3. The first-order valence-electron chi connectivity index (χ1n) is 6.34. The second kappa shape index (κ2) is 6.53. The molecule has 112 valence electrons. The lowest BCUT2D eigenvalue weighted by Gasteiger charge is -2.09. The van der Waals surface area contributed by atoms with Gasteiger partial charge >= 0.3 is 5.97 Å². The van der Waals surface area contributed by atoms with Gasteiger partial charge in [0, 0.05) is 16.6 Å². The number of nitro groups is 1. The third kappa shape index (κ3) is 3.59. The van der Waals surface area contributed by atoms with Gasteiger partial charge in [0.1, 0.15) is 0 Å². The van der Waals surface area contributed by atoms with E-state index in [0.717, 1.165) is 16.1 Å². The van der Waals surface area contributed by atoms with Gasteiger partial charge in [-0.15, -0.1) is 0 Å². The first-order valence-corrected chi connectivity index (χ1v) is 7.14. The molecule has 0 radical (unpaired) electrons. The van der Waals surface area contributed by atoms with Gasteiger partial charge in [-0.2, -0.15) is 0 Å². The van der Waals surface area contributed by atoms with Crippen LogP contribution in [0.5, 0.6) is 0 Å². The maximum absolute atomic E-state index is 11.3. The predicted molar refractivity (Wildman–Crippen MR) is 87.6 cm³/mol. The normalized spacial score (nSPS) is 10.8. The Bertz CT molecular complexity index is 784. The van der Waals surface area contributed by atoms with Crippen molar-refractivity contribution in [3.63, 3.8) is 0 Å².